The van der Waals surface area contributed by atoms with Gasteiger partial charge >= 0.3 is 0 Å². The van der Waals surface area contributed by atoms with Gasteiger partial charge in [0.15, 0.2) is 0 Å². The maximum absolute atomic E-state index is 12.4. The Labute approximate surface area is 140 Å². The lowest BCUT2D eigenvalue weighted by Crippen LogP contribution is -2.34. The van der Waals surface area contributed by atoms with Gasteiger partial charge in [-0.3, -0.25) is 14.2 Å². The molecule has 24 heavy (non-hydrogen) atoms. The summed E-state index contributed by atoms with van der Waals surface area (Å²) in [5.41, 5.74) is 1.60. The van der Waals surface area contributed by atoms with Gasteiger partial charge in [0.05, 0.1) is 17.2 Å². The second-order valence-corrected chi connectivity index (χ2v) is 5.81. The van der Waals surface area contributed by atoms with Gasteiger partial charge in [-0.05, 0) is 23.6 Å². The van der Waals surface area contributed by atoms with Crippen molar-refractivity contribution >= 4 is 16.8 Å². The van der Waals surface area contributed by atoms with E-state index in [0.717, 1.165) is 0 Å². The summed E-state index contributed by atoms with van der Waals surface area (Å²) in [5.74, 6) is 0.0126. The van der Waals surface area contributed by atoms with E-state index < -0.39 is 0 Å². The van der Waals surface area contributed by atoms with Crippen LogP contribution in [0.1, 0.15) is 18.4 Å². The molecule has 0 aliphatic carbocycles. The summed E-state index contributed by atoms with van der Waals surface area (Å²) in [6.07, 6.45) is 1.42. The number of carbonyl (C=O) groups is 1. The first-order chi connectivity index (χ1) is 11.6. The Morgan fingerprint density at radius 1 is 1.12 bits per heavy atom. The normalized spacial score (nSPS) is 12.0. The zero-order valence-electron chi connectivity index (χ0n) is 13.5. The number of nitrogens with one attached hydrogen (secondary N) is 1. The molecule has 1 atom stereocenters. The smallest absolute Gasteiger partial charge is 0.261 e. The van der Waals surface area contributed by atoms with Crippen LogP contribution in [0.5, 0.6) is 0 Å². The summed E-state index contributed by atoms with van der Waals surface area (Å²) in [6.45, 7) is 2.55. The first kappa shape index (κ1) is 15.9. The Kier molecular flexibility index (Phi) is 4.70. The average Bonchev–Trinajstić information content (AvgIpc) is 2.63. The predicted octanol–water partition coefficient (Wildman–Crippen LogP) is 2.32. The van der Waals surface area contributed by atoms with Crippen molar-refractivity contribution in [1.82, 2.24) is 14.9 Å². The second-order valence-electron chi connectivity index (χ2n) is 5.81. The number of fused-ring (bicyclic) bond motifs is 1. The quantitative estimate of drug-likeness (QED) is 0.784. The molecule has 0 fully saturated rings. The van der Waals surface area contributed by atoms with E-state index in [-0.39, 0.29) is 23.9 Å². The molecule has 122 valence electrons. The van der Waals surface area contributed by atoms with Gasteiger partial charge in [0, 0.05) is 6.54 Å². The molecular formula is C19H19N3O2. The fourth-order valence-corrected chi connectivity index (χ4v) is 2.60. The van der Waals surface area contributed by atoms with Crippen LogP contribution < -0.4 is 10.9 Å². The molecule has 1 N–H and O–H groups in total. The van der Waals surface area contributed by atoms with E-state index >= 15 is 0 Å². The molecule has 0 spiro atoms. The highest BCUT2D eigenvalue weighted by atomic mass is 16.2. The van der Waals surface area contributed by atoms with Gasteiger partial charge in [-0.15, -0.1) is 0 Å². The number of hydrogen-bond acceptors (Lipinski definition) is 3. The van der Waals surface area contributed by atoms with Crippen molar-refractivity contribution in [3.05, 3.63) is 76.8 Å². The van der Waals surface area contributed by atoms with Gasteiger partial charge in [0.25, 0.3) is 5.56 Å². The number of para-hydroxylation sites is 1. The van der Waals surface area contributed by atoms with Crippen LogP contribution in [-0.2, 0) is 11.3 Å². The number of nitrogens with zero attached hydrogens (tertiary/aromatic N) is 2. The molecule has 0 bridgehead atoms. The minimum Gasteiger partial charge on any atom is -0.354 e. The van der Waals surface area contributed by atoms with Crippen LogP contribution in [-0.4, -0.2) is 22.0 Å². The van der Waals surface area contributed by atoms with Crippen LogP contribution in [0.2, 0.25) is 0 Å². The summed E-state index contributed by atoms with van der Waals surface area (Å²) in [5, 5.41) is 3.40. The third-order valence-corrected chi connectivity index (χ3v) is 4.02. The molecule has 0 unspecified atom stereocenters. The average molecular weight is 321 g/mol. The van der Waals surface area contributed by atoms with Crippen molar-refractivity contribution in [3.8, 4) is 0 Å². The molecular weight excluding hydrogens is 302 g/mol. The number of carbonyl (C=O) groups excluding carboxylic acids is 1. The highest BCUT2D eigenvalue weighted by molar-refractivity contribution is 5.78. The van der Waals surface area contributed by atoms with Crippen LogP contribution in [0.3, 0.4) is 0 Å². The van der Waals surface area contributed by atoms with E-state index in [4.69, 9.17) is 0 Å². The summed E-state index contributed by atoms with van der Waals surface area (Å²) in [4.78, 5) is 28.7. The zero-order valence-corrected chi connectivity index (χ0v) is 13.5. The molecule has 5 heteroatoms. The maximum Gasteiger partial charge on any atom is 0.261 e. The molecule has 0 radical (unpaired) electrons. The molecule has 1 heterocycles. The minimum absolute atomic E-state index is 0.0296. The van der Waals surface area contributed by atoms with Gasteiger partial charge in [-0.2, -0.15) is 0 Å². The number of rotatable bonds is 5. The highest BCUT2D eigenvalue weighted by Gasteiger charge is 2.10. The number of amides is 1. The molecule has 0 aliphatic rings. The van der Waals surface area contributed by atoms with E-state index in [1.165, 1.54) is 16.5 Å². The summed E-state index contributed by atoms with van der Waals surface area (Å²) in [6, 6.07) is 17.1. The molecule has 5 nitrogen and oxygen atoms in total. The first-order valence-electron chi connectivity index (χ1n) is 7.91. The fourth-order valence-electron chi connectivity index (χ4n) is 2.60. The minimum atomic E-state index is -0.202. The monoisotopic (exact) mass is 321 g/mol. The van der Waals surface area contributed by atoms with E-state index in [1.54, 1.807) is 18.2 Å². The second kappa shape index (κ2) is 7.08. The van der Waals surface area contributed by atoms with Gasteiger partial charge < -0.3 is 5.32 Å². The third kappa shape index (κ3) is 3.51. The number of benzene rings is 2. The molecule has 3 rings (SSSR count). The first-order valence-corrected chi connectivity index (χ1v) is 7.91. The van der Waals surface area contributed by atoms with Crippen LogP contribution >= 0.6 is 0 Å². The summed E-state index contributed by atoms with van der Waals surface area (Å²) < 4.78 is 1.34. The van der Waals surface area contributed by atoms with Crippen molar-refractivity contribution in [1.29, 1.82) is 0 Å². The molecule has 3 aromatic rings. The lowest BCUT2D eigenvalue weighted by atomic mass is 10.0. The van der Waals surface area contributed by atoms with Gasteiger partial charge in [-0.1, -0.05) is 49.4 Å². The van der Waals surface area contributed by atoms with Crippen molar-refractivity contribution in [2.24, 2.45) is 0 Å². The van der Waals surface area contributed by atoms with E-state index in [1.807, 2.05) is 36.4 Å². The molecule has 2 aromatic carbocycles. The fraction of sp³-hybridized carbons (Fsp3) is 0.211. The Balaban J connectivity index is 1.65. The SMILES string of the molecule is C[C@H](CNC(=O)Cn1cnc2ccccc2c1=O)c1ccccc1. The van der Waals surface area contributed by atoms with Gasteiger partial charge in [0.2, 0.25) is 5.91 Å². The lowest BCUT2D eigenvalue weighted by molar-refractivity contribution is -0.121. The Morgan fingerprint density at radius 2 is 1.83 bits per heavy atom. The Morgan fingerprint density at radius 3 is 2.62 bits per heavy atom. The largest absolute Gasteiger partial charge is 0.354 e. The van der Waals surface area contributed by atoms with Gasteiger partial charge in [0.1, 0.15) is 6.54 Å². The standard InChI is InChI=1S/C19H19N3O2/c1-14(15-7-3-2-4-8-15)11-20-18(23)12-22-13-21-17-10-6-5-9-16(17)19(22)24/h2-10,13-14H,11-12H2,1H3,(H,20,23)/t14-/m1/s1. The zero-order chi connectivity index (χ0) is 16.9. The van der Waals surface area contributed by atoms with E-state index in [0.29, 0.717) is 17.4 Å². The number of hydrogen-bond donors (Lipinski definition) is 1. The van der Waals surface area contributed by atoms with Crippen LogP contribution in [0.25, 0.3) is 10.9 Å². The van der Waals surface area contributed by atoms with Crippen molar-refractivity contribution in [3.63, 3.8) is 0 Å². The third-order valence-electron chi connectivity index (χ3n) is 4.02. The topological polar surface area (TPSA) is 64.0 Å². The molecule has 0 aliphatic heterocycles. The van der Waals surface area contributed by atoms with Crippen molar-refractivity contribution in [2.75, 3.05) is 6.54 Å². The maximum atomic E-state index is 12.4. The highest BCUT2D eigenvalue weighted by Crippen LogP contribution is 2.12. The van der Waals surface area contributed by atoms with Crippen LogP contribution in [0.15, 0.2) is 65.7 Å². The van der Waals surface area contributed by atoms with E-state index in [2.05, 4.69) is 17.2 Å². The molecule has 0 saturated carbocycles. The van der Waals surface area contributed by atoms with Crippen LogP contribution in [0, 0.1) is 0 Å². The van der Waals surface area contributed by atoms with E-state index in [9.17, 15) is 9.59 Å². The predicted molar refractivity (Wildman–Crippen MR) is 93.9 cm³/mol. The summed E-state index contributed by atoms with van der Waals surface area (Å²) in [7, 11) is 0. The molecule has 0 saturated heterocycles. The van der Waals surface area contributed by atoms with Crippen molar-refractivity contribution < 1.29 is 4.79 Å². The molecule has 1 aromatic heterocycles. The Hall–Kier alpha value is -2.95. The van der Waals surface area contributed by atoms with Crippen LogP contribution in [0.4, 0.5) is 0 Å². The summed E-state index contributed by atoms with van der Waals surface area (Å²) >= 11 is 0. The van der Waals surface area contributed by atoms with Gasteiger partial charge in [-0.25, -0.2) is 4.98 Å². The Bertz CT molecular complexity index is 903. The number of aromatic nitrogens is 2. The lowest BCUT2D eigenvalue weighted by Gasteiger charge is -2.13. The van der Waals surface area contributed by atoms with Crippen molar-refractivity contribution in [2.45, 2.75) is 19.4 Å². The molecule has 1 amide bonds.